The highest BCUT2D eigenvalue weighted by molar-refractivity contribution is 4.95. The van der Waals surface area contributed by atoms with E-state index in [1.807, 2.05) is 0 Å². The van der Waals surface area contributed by atoms with Crippen LogP contribution in [0.5, 0.6) is 0 Å². The first-order chi connectivity index (χ1) is 8.67. The van der Waals surface area contributed by atoms with E-state index in [0.29, 0.717) is 18.1 Å². The van der Waals surface area contributed by atoms with Crippen molar-refractivity contribution in [3.05, 3.63) is 0 Å². The van der Waals surface area contributed by atoms with Gasteiger partial charge in [-0.25, -0.2) is 0 Å². The van der Waals surface area contributed by atoms with Gasteiger partial charge < -0.3 is 14.8 Å². The van der Waals surface area contributed by atoms with Crippen molar-refractivity contribution in [2.24, 2.45) is 0 Å². The number of nitrogens with one attached hydrogen (secondary N) is 1. The SMILES string of the molecule is CC1CN(C2CCOC3(CCOC3)C2)CC(C)N1. The quantitative estimate of drug-likeness (QED) is 0.757. The first-order valence-electron chi connectivity index (χ1n) is 7.39. The molecule has 104 valence electrons. The van der Waals surface area contributed by atoms with Crippen molar-refractivity contribution in [2.75, 3.05) is 32.9 Å². The molecule has 4 nitrogen and oxygen atoms in total. The lowest BCUT2D eigenvalue weighted by atomic mass is 9.88. The maximum Gasteiger partial charge on any atom is 0.0951 e. The molecule has 0 aliphatic carbocycles. The Bertz CT molecular complexity index is 282. The van der Waals surface area contributed by atoms with Crippen molar-refractivity contribution >= 4 is 0 Å². The predicted octanol–water partition coefficient (Wildman–Crippen LogP) is 1.01. The molecular formula is C14H26N2O2. The second-order valence-corrected chi connectivity index (χ2v) is 6.40. The van der Waals surface area contributed by atoms with Gasteiger partial charge in [-0.3, -0.25) is 4.90 Å². The number of hydrogen-bond acceptors (Lipinski definition) is 4. The monoisotopic (exact) mass is 254 g/mol. The molecule has 1 spiro atoms. The molecule has 0 aromatic rings. The van der Waals surface area contributed by atoms with Gasteiger partial charge in [0.25, 0.3) is 0 Å². The first-order valence-corrected chi connectivity index (χ1v) is 7.39. The van der Waals surface area contributed by atoms with Crippen LogP contribution in [0.1, 0.15) is 33.1 Å². The van der Waals surface area contributed by atoms with Gasteiger partial charge in [0.15, 0.2) is 0 Å². The Kier molecular flexibility index (Phi) is 3.63. The summed E-state index contributed by atoms with van der Waals surface area (Å²) in [5, 5.41) is 3.61. The molecule has 3 rings (SSSR count). The average Bonchev–Trinajstić information content (AvgIpc) is 2.76. The van der Waals surface area contributed by atoms with Gasteiger partial charge in [0.1, 0.15) is 0 Å². The zero-order valence-electron chi connectivity index (χ0n) is 11.7. The number of piperazine rings is 1. The minimum absolute atomic E-state index is 0.0419. The van der Waals surface area contributed by atoms with Crippen LogP contribution in [-0.4, -0.2) is 61.5 Å². The molecule has 4 atom stereocenters. The summed E-state index contributed by atoms with van der Waals surface area (Å²) in [4.78, 5) is 2.68. The molecule has 0 aromatic carbocycles. The van der Waals surface area contributed by atoms with E-state index in [9.17, 15) is 0 Å². The van der Waals surface area contributed by atoms with Gasteiger partial charge in [-0.15, -0.1) is 0 Å². The summed E-state index contributed by atoms with van der Waals surface area (Å²) in [6.45, 7) is 9.51. The van der Waals surface area contributed by atoms with Crippen molar-refractivity contribution in [3.8, 4) is 0 Å². The Labute approximate surface area is 110 Å². The molecule has 4 unspecified atom stereocenters. The van der Waals surface area contributed by atoms with Crippen LogP contribution < -0.4 is 5.32 Å². The van der Waals surface area contributed by atoms with E-state index < -0.39 is 0 Å². The van der Waals surface area contributed by atoms with E-state index in [-0.39, 0.29) is 5.60 Å². The Morgan fingerprint density at radius 1 is 1.17 bits per heavy atom. The van der Waals surface area contributed by atoms with Gasteiger partial charge in [-0.2, -0.15) is 0 Å². The normalized spacial score (nSPS) is 46.7. The maximum absolute atomic E-state index is 6.03. The summed E-state index contributed by atoms with van der Waals surface area (Å²) < 4.78 is 11.6. The van der Waals surface area contributed by atoms with Gasteiger partial charge in [0.05, 0.1) is 12.2 Å². The molecule has 4 heteroatoms. The summed E-state index contributed by atoms with van der Waals surface area (Å²) in [6.07, 6.45) is 3.42. The fraction of sp³-hybridized carbons (Fsp3) is 1.00. The predicted molar refractivity (Wildman–Crippen MR) is 70.8 cm³/mol. The first kappa shape index (κ1) is 12.9. The summed E-state index contributed by atoms with van der Waals surface area (Å²) in [5.74, 6) is 0. The molecule has 0 bridgehead atoms. The molecule has 3 heterocycles. The fourth-order valence-corrected chi connectivity index (χ4v) is 3.84. The zero-order valence-corrected chi connectivity index (χ0v) is 11.7. The highest BCUT2D eigenvalue weighted by atomic mass is 16.6. The van der Waals surface area contributed by atoms with E-state index in [0.717, 1.165) is 32.7 Å². The molecule has 3 aliphatic rings. The zero-order chi connectivity index (χ0) is 12.6. The molecule has 0 radical (unpaired) electrons. The standard InChI is InChI=1S/C14H26N2O2/c1-11-8-16(9-12(2)15-11)13-3-5-18-14(7-13)4-6-17-10-14/h11-13,15H,3-10H2,1-2H3. The van der Waals surface area contributed by atoms with Crippen molar-refractivity contribution < 1.29 is 9.47 Å². The van der Waals surface area contributed by atoms with E-state index in [1.165, 1.54) is 19.5 Å². The van der Waals surface area contributed by atoms with Gasteiger partial charge >= 0.3 is 0 Å². The van der Waals surface area contributed by atoms with Crippen LogP contribution >= 0.6 is 0 Å². The Morgan fingerprint density at radius 2 is 1.94 bits per heavy atom. The number of rotatable bonds is 1. The lowest BCUT2D eigenvalue weighted by Crippen LogP contribution is -2.59. The minimum atomic E-state index is 0.0419. The van der Waals surface area contributed by atoms with Crippen LogP contribution in [0.2, 0.25) is 0 Å². The third-order valence-corrected chi connectivity index (χ3v) is 4.64. The summed E-state index contributed by atoms with van der Waals surface area (Å²) >= 11 is 0. The van der Waals surface area contributed by atoms with E-state index in [2.05, 4.69) is 24.1 Å². The minimum Gasteiger partial charge on any atom is -0.378 e. The smallest absolute Gasteiger partial charge is 0.0951 e. The third kappa shape index (κ3) is 2.57. The molecule has 3 fully saturated rings. The topological polar surface area (TPSA) is 33.7 Å². The average molecular weight is 254 g/mol. The molecule has 0 amide bonds. The number of nitrogens with zero attached hydrogens (tertiary/aromatic N) is 1. The van der Waals surface area contributed by atoms with Crippen LogP contribution in [0.3, 0.4) is 0 Å². The molecule has 0 saturated carbocycles. The maximum atomic E-state index is 6.03. The Hall–Kier alpha value is -0.160. The van der Waals surface area contributed by atoms with Gasteiger partial charge in [0.2, 0.25) is 0 Å². The van der Waals surface area contributed by atoms with Crippen molar-refractivity contribution in [1.29, 1.82) is 0 Å². The Morgan fingerprint density at radius 3 is 2.61 bits per heavy atom. The lowest BCUT2D eigenvalue weighted by molar-refractivity contribution is -0.109. The van der Waals surface area contributed by atoms with Crippen molar-refractivity contribution in [1.82, 2.24) is 10.2 Å². The third-order valence-electron chi connectivity index (χ3n) is 4.64. The molecular weight excluding hydrogens is 228 g/mol. The largest absolute Gasteiger partial charge is 0.378 e. The molecule has 3 aliphatic heterocycles. The van der Waals surface area contributed by atoms with Gasteiger partial charge in [-0.05, 0) is 26.7 Å². The Balaban J connectivity index is 1.64. The van der Waals surface area contributed by atoms with Crippen LogP contribution in [0.4, 0.5) is 0 Å². The van der Waals surface area contributed by atoms with Crippen LogP contribution in [0, 0.1) is 0 Å². The summed E-state index contributed by atoms with van der Waals surface area (Å²) in [6, 6.07) is 1.90. The number of hydrogen-bond donors (Lipinski definition) is 1. The highest BCUT2D eigenvalue weighted by Gasteiger charge is 2.43. The van der Waals surface area contributed by atoms with E-state index >= 15 is 0 Å². The second kappa shape index (κ2) is 5.08. The van der Waals surface area contributed by atoms with E-state index in [1.54, 1.807) is 0 Å². The van der Waals surface area contributed by atoms with E-state index in [4.69, 9.17) is 9.47 Å². The van der Waals surface area contributed by atoms with Crippen LogP contribution in [0.15, 0.2) is 0 Å². The lowest BCUT2D eigenvalue weighted by Gasteiger charge is -2.46. The van der Waals surface area contributed by atoms with Gasteiger partial charge in [-0.1, -0.05) is 0 Å². The molecule has 0 aromatic heterocycles. The summed E-state index contributed by atoms with van der Waals surface area (Å²) in [5.41, 5.74) is 0.0419. The number of ether oxygens (including phenoxy) is 2. The van der Waals surface area contributed by atoms with Crippen molar-refractivity contribution in [3.63, 3.8) is 0 Å². The van der Waals surface area contributed by atoms with Crippen LogP contribution in [-0.2, 0) is 9.47 Å². The fourth-order valence-electron chi connectivity index (χ4n) is 3.84. The molecule has 3 saturated heterocycles. The summed E-state index contributed by atoms with van der Waals surface area (Å²) in [7, 11) is 0. The van der Waals surface area contributed by atoms with Crippen LogP contribution in [0.25, 0.3) is 0 Å². The second-order valence-electron chi connectivity index (χ2n) is 6.40. The van der Waals surface area contributed by atoms with Crippen molar-refractivity contribution in [2.45, 2.75) is 56.8 Å². The van der Waals surface area contributed by atoms with Gasteiger partial charge in [0, 0.05) is 50.8 Å². The molecule has 1 N–H and O–H groups in total. The molecule has 18 heavy (non-hydrogen) atoms. The highest BCUT2D eigenvalue weighted by Crippen LogP contribution is 2.35.